The number of nitro groups is 1. The Kier molecular flexibility index (Phi) is 15.9. The number of phenols is 1. The molecule has 2 atom stereocenters. The van der Waals surface area contributed by atoms with E-state index in [4.69, 9.17) is 27.1 Å². The molecule has 0 bridgehead atoms. The number of phenolic OH excluding ortho intramolecular Hbond substituents is 1. The van der Waals surface area contributed by atoms with E-state index < -0.39 is 40.7 Å². The fraction of sp³-hybridized carbons (Fsp3) is 0.393. The second-order valence-corrected chi connectivity index (χ2v) is 9.52. The number of para-hydroxylation sites is 1. The van der Waals surface area contributed by atoms with Crippen molar-refractivity contribution in [2.24, 2.45) is 22.2 Å². The zero-order valence-corrected chi connectivity index (χ0v) is 24.6. The minimum Gasteiger partial charge on any atom is -0.508 e. The number of nitrogens with one attached hydrogen (secondary N) is 2. The van der Waals surface area contributed by atoms with Gasteiger partial charge < -0.3 is 42.9 Å². The highest BCUT2D eigenvalue weighted by atomic mass is 16.6. The maximum Gasteiger partial charge on any atom is 0.300 e. The summed E-state index contributed by atoms with van der Waals surface area (Å²) in [5.41, 5.74) is 17.7. The number of amides is 3. The number of likely N-dealkylation sites (N-methyl/N-ethyl adjacent to an activating group) is 1. The van der Waals surface area contributed by atoms with Crippen molar-refractivity contribution in [3.63, 3.8) is 0 Å². The molecule has 0 spiro atoms. The molecule has 10 N–H and O–H groups in total. The summed E-state index contributed by atoms with van der Waals surface area (Å²) in [5.74, 6) is -2.50. The third kappa shape index (κ3) is 14.1. The first-order chi connectivity index (χ1) is 20.7. The van der Waals surface area contributed by atoms with Crippen LogP contribution in [0.5, 0.6) is 5.75 Å². The molecule has 0 radical (unpaired) electrons. The van der Waals surface area contributed by atoms with Gasteiger partial charge in [0.25, 0.3) is 11.7 Å². The standard InChI is InChI=1S/C26H36N8O6.C2H4O2/c1-2-33(16-18-6-3-4-8-22(18)34(39)40)23(36)15-31-25(38)21(7-5-13-30-26(28)29)32-24(37)20(27)14-17-9-11-19(35)12-10-17;1-2(3)4/h3-4,6,8-12,20-21,35H,2,5,7,13-16,27H2,1H3,(H,31,38)(H,32,37)(H4,28,29,30);1H3,(H,3,4)/t20-,21+;/m0./s1. The predicted molar refractivity (Wildman–Crippen MR) is 162 cm³/mol. The number of carbonyl (C=O) groups excluding carboxylic acids is 3. The lowest BCUT2D eigenvalue weighted by Gasteiger charge is -2.23. The molecule has 44 heavy (non-hydrogen) atoms. The lowest BCUT2D eigenvalue weighted by molar-refractivity contribution is -0.385. The van der Waals surface area contributed by atoms with Crippen LogP contribution < -0.4 is 27.8 Å². The minimum absolute atomic E-state index is 0.00679. The third-order valence-electron chi connectivity index (χ3n) is 6.00. The van der Waals surface area contributed by atoms with E-state index in [0.29, 0.717) is 12.0 Å². The zero-order chi connectivity index (χ0) is 33.2. The van der Waals surface area contributed by atoms with Gasteiger partial charge in [0, 0.05) is 31.6 Å². The zero-order valence-electron chi connectivity index (χ0n) is 24.6. The summed E-state index contributed by atoms with van der Waals surface area (Å²) in [6, 6.07) is 10.3. The molecular formula is C28H40N8O8. The van der Waals surface area contributed by atoms with Gasteiger partial charge in [0.1, 0.15) is 11.8 Å². The van der Waals surface area contributed by atoms with Crippen LogP contribution in [0.1, 0.15) is 37.8 Å². The maximum absolute atomic E-state index is 13.0. The van der Waals surface area contributed by atoms with Gasteiger partial charge in [-0.2, -0.15) is 0 Å². The lowest BCUT2D eigenvalue weighted by atomic mass is 10.0. The molecular weight excluding hydrogens is 576 g/mol. The number of nitro benzene ring substituents is 1. The Morgan fingerprint density at radius 1 is 1.07 bits per heavy atom. The van der Waals surface area contributed by atoms with E-state index in [1.165, 1.54) is 29.2 Å². The van der Waals surface area contributed by atoms with Crippen LogP contribution in [0, 0.1) is 10.1 Å². The molecule has 2 rings (SSSR count). The monoisotopic (exact) mass is 616 g/mol. The SMILES string of the molecule is CC(=O)O.CCN(Cc1ccccc1[N+](=O)[O-])C(=O)CNC(=O)[C@@H](CCCN=C(N)N)NC(=O)[C@@H](N)Cc1ccc(O)cc1. The summed E-state index contributed by atoms with van der Waals surface area (Å²) in [6.45, 7) is 2.89. The van der Waals surface area contributed by atoms with Gasteiger partial charge in [-0.1, -0.05) is 30.3 Å². The van der Waals surface area contributed by atoms with Crippen molar-refractivity contribution >= 4 is 35.3 Å². The summed E-state index contributed by atoms with van der Waals surface area (Å²) in [6.07, 6.45) is 0.697. The quantitative estimate of drug-likeness (QED) is 0.0458. The van der Waals surface area contributed by atoms with Gasteiger partial charge >= 0.3 is 0 Å². The van der Waals surface area contributed by atoms with Crippen LogP contribution in [-0.2, 0) is 32.1 Å². The molecule has 240 valence electrons. The van der Waals surface area contributed by atoms with E-state index in [2.05, 4.69) is 15.6 Å². The molecule has 0 aliphatic rings. The topological polar surface area (TPSA) is 270 Å². The second-order valence-electron chi connectivity index (χ2n) is 9.52. The van der Waals surface area contributed by atoms with Gasteiger partial charge in [0.15, 0.2) is 5.96 Å². The first-order valence-corrected chi connectivity index (χ1v) is 13.6. The van der Waals surface area contributed by atoms with Crippen LogP contribution in [0.3, 0.4) is 0 Å². The first-order valence-electron chi connectivity index (χ1n) is 13.6. The minimum atomic E-state index is -1.02. The number of carboxylic acid groups (broad SMARTS) is 1. The molecule has 2 aromatic carbocycles. The molecule has 0 heterocycles. The van der Waals surface area contributed by atoms with Crippen LogP contribution in [0.4, 0.5) is 5.69 Å². The van der Waals surface area contributed by atoms with E-state index in [1.54, 1.807) is 31.2 Å². The van der Waals surface area contributed by atoms with Gasteiger partial charge in [-0.3, -0.25) is 34.3 Å². The summed E-state index contributed by atoms with van der Waals surface area (Å²) in [4.78, 5) is 63.7. The van der Waals surface area contributed by atoms with Gasteiger partial charge in [-0.05, 0) is 43.9 Å². The van der Waals surface area contributed by atoms with E-state index in [-0.39, 0.29) is 56.4 Å². The number of carbonyl (C=O) groups is 4. The number of nitrogens with zero attached hydrogens (tertiary/aromatic N) is 3. The molecule has 0 aliphatic heterocycles. The molecule has 0 aliphatic carbocycles. The van der Waals surface area contributed by atoms with E-state index in [0.717, 1.165) is 12.5 Å². The van der Waals surface area contributed by atoms with Crippen molar-refractivity contribution in [1.82, 2.24) is 15.5 Å². The fourth-order valence-electron chi connectivity index (χ4n) is 3.83. The van der Waals surface area contributed by atoms with Crippen LogP contribution in [0.15, 0.2) is 53.5 Å². The Labute approximate surface area is 254 Å². The number of guanidine groups is 1. The Hall–Kier alpha value is -5.25. The molecule has 16 heteroatoms. The molecule has 16 nitrogen and oxygen atoms in total. The van der Waals surface area contributed by atoms with E-state index >= 15 is 0 Å². The third-order valence-corrected chi connectivity index (χ3v) is 6.00. The highest BCUT2D eigenvalue weighted by Crippen LogP contribution is 2.19. The van der Waals surface area contributed by atoms with Crippen molar-refractivity contribution in [3.05, 3.63) is 69.8 Å². The Bertz CT molecular complexity index is 1290. The number of aliphatic imine (C=N–C) groups is 1. The molecule has 0 saturated carbocycles. The molecule has 0 aromatic heterocycles. The first kappa shape index (κ1) is 36.8. The molecule has 2 aromatic rings. The second kappa shape index (κ2) is 19.0. The van der Waals surface area contributed by atoms with Gasteiger partial charge in [-0.25, -0.2) is 0 Å². The van der Waals surface area contributed by atoms with Crippen molar-refractivity contribution in [1.29, 1.82) is 0 Å². The van der Waals surface area contributed by atoms with Crippen molar-refractivity contribution in [3.8, 4) is 5.75 Å². The summed E-state index contributed by atoms with van der Waals surface area (Å²) in [7, 11) is 0. The number of rotatable bonds is 15. The highest BCUT2D eigenvalue weighted by molar-refractivity contribution is 5.92. The van der Waals surface area contributed by atoms with Gasteiger partial charge in [0.2, 0.25) is 17.7 Å². The Morgan fingerprint density at radius 2 is 1.68 bits per heavy atom. The summed E-state index contributed by atoms with van der Waals surface area (Å²) >= 11 is 0. The predicted octanol–water partition coefficient (Wildman–Crippen LogP) is -0.0356. The molecule has 0 fully saturated rings. The Morgan fingerprint density at radius 3 is 2.25 bits per heavy atom. The van der Waals surface area contributed by atoms with Gasteiger partial charge in [0.05, 0.1) is 24.1 Å². The average molecular weight is 617 g/mol. The van der Waals surface area contributed by atoms with Gasteiger partial charge in [-0.15, -0.1) is 0 Å². The maximum atomic E-state index is 13.0. The number of hydrogen-bond donors (Lipinski definition) is 7. The Balaban J connectivity index is 0.00000227. The number of carboxylic acids is 1. The van der Waals surface area contributed by atoms with Crippen molar-refractivity contribution in [2.75, 3.05) is 19.6 Å². The molecule has 0 unspecified atom stereocenters. The number of hydrogen-bond acceptors (Lipinski definition) is 9. The normalized spacial score (nSPS) is 11.5. The number of aromatic hydroxyl groups is 1. The molecule has 3 amide bonds. The van der Waals surface area contributed by atoms with Crippen LogP contribution in [-0.4, -0.2) is 81.4 Å². The number of aliphatic carboxylic acids is 1. The van der Waals surface area contributed by atoms with Crippen LogP contribution in [0.25, 0.3) is 0 Å². The summed E-state index contributed by atoms with van der Waals surface area (Å²) in [5, 5.41) is 33.3. The van der Waals surface area contributed by atoms with E-state index in [1.807, 2.05) is 0 Å². The molecule has 0 saturated heterocycles. The largest absolute Gasteiger partial charge is 0.508 e. The summed E-state index contributed by atoms with van der Waals surface area (Å²) < 4.78 is 0. The van der Waals surface area contributed by atoms with Crippen molar-refractivity contribution in [2.45, 2.75) is 51.7 Å². The van der Waals surface area contributed by atoms with Crippen LogP contribution in [0.2, 0.25) is 0 Å². The van der Waals surface area contributed by atoms with E-state index in [9.17, 15) is 29.6 Å². The van der Waals surface area contributed by atoms with Crippen molar-refractivity contribution < 1.29 is 34.3 Å². The number of benzene rings is 2. The van der Waals surface area contributed by atoms with Crippen LogP contribution >= 0.6 is 0 Å². The lowest BCUT2D eigenvalue weighted by Crippen LogP contribution is -2.53. The fourth-order valence-corrected chi connectivity index (χ4v) is 3.83. The average Bonchev–Trinajstić information content (AvgIpc) is 2.96. The highest BCUT2D eigenvalue weighted by Gasteiger charge is 2.25. The number of nitrogens with two attached hydrogens (primary N) is 3. The smallest absolute Gasteiger partial charge is 0.300 e.